The zero-order valence-electron chi connectivity index (χ0n) is 11.4. The Bertz CT molecular complexity index is 486. The number of benzene rings is 1. The first-order valence-electron chi connectivity index (χ1n) is 6.27. The Kier molecular flexibility index (Phi) is 5.06. The van der Waals surface area contributed by atoms with E-state index in [2.05, 4.69) is 5.32 Å². The van der Waals surface area contributed by atoms with Gasteiger partial charge in [-0.05, 0) is 30.5 Å². The van der Waals surface area contributed by atoms with Crippen LogP contribution >= 0.6 is 0 Å². The SMILES string of the molecule is CC[C@H](C)[C@H](N)C(=O)Nc1cc(C(=O)O)ccc1C. The van der Waals surface area contributed by atoms with Gasteiger partial charge in [0.05, 0.1) is 11.6 Å². The lowest BCUT2D eigenvalue weighted by Gasteiger charge is -2.18. The van der Waals surface area contributed by atoms with Gasteiger partial charge in [-0.1, -0.05) is 26.3 Å². The van der Waals surface area contributed by atoms with Crippen molar-refractivity contribution in [1.82, 2.24) is 0 Å². The summed E-state index contributed by atoms with van der Waals surface area (Å²) in [5.74, 6) is -1.25. The normalized spacial score (nSPS) is 13.7. The van der Waals surface area contributed by atoms with Crippen molar-refractivity contribution in [3.8, 4) is 0 Å². The monoisotopic (exact) mass is 264 g/mol. The van der Waals surface area contributed by atoms with Gasteiger partial charge in [-0.25, -0.2) is 4.79 Å². The number of carboxylic acids is 1. The Hall–Kier alpha value is -1.88. The number of carbonyl (C=O) groups is 2. The van der Waals surface area contributed by atoms with Crippen molar-refractivity contribution in [1.29, 1.82) is 0 Å². The van der Waals surface area contributed by atoms with E-state index >= 15 is 0 Å². The van der Waals surface area contributed by atoms with Gasteiger partial charge in [0.1, 0.15) is 0 Å². The minimum absolute atomic E-state index is 0.0722. The van der Waals surface area contributed by atoms with Crippen molar-refractivity contribution in [2.75, 3.05) is 5.32 Å². The highest BCUT2D eigenvalue weighted by Gasteiger charge is 2.20. The molecule has 0 fully saturated rings. The van der Waals surface area contributed by atoms with Crippen molar-refractivity contribution in [2.45, 2.75) is 33.2 Å². The maximum Gasteiger partial charge on any atom is 0.335 e. The number of rotatable bonds is 5. The molecule has 0 aliphatic carbocycles. The summed E-state index contributed by atoms with van der Waals surface area (Å²) in [6.45, 7) is 5.68. The molecule has 0 bridgehead atoms. The van der Waals surface area contributed by atoms with Gasteiger partial charge in [-0.2, -0.15) is 0 Å². The molecule has 0 unspecified atom stereocenters. The number of carbonyl (C=O) groups excluding carboxylic acids is 1. The lowest BCUT2D eigenvalue weighted by Crippen LogP contribution is -2.40. The topological polar surface area (TPSA) is 92.4 Å². The molecule has 1 aromatic rings. The number of anilines is 1. The van der Waals surface area contributed by atoms with E-state index in [9.17, 15) is 9.59 Å². The summed E-state index contributed by atoms with van der Waals surface area (Å²) in [6.07, 6.45) is 0.808. The second-order valence-electron chi connectivity index (χ2n) is 4.74. The quantitative estimate of drug-likeness (QED) is 0.758. The van der Waals surface area contributed by atoms with Gasteiger partial charge in [0.25, 0.3) is 0 Å². The Morgan fingerprint density at radius 3 is 2.58 bits per heavy atom. The molecule has 5 nitrogen and oxygen atoms in total. The van der Waals surface area contributed by atoms with Crippen molar-refractivity contribution in [3.05, 3.63) is 29.3 Å². The third kappa shape index (κ3) is 3.79. The minimum atomic E-state index is -1.03. The molecule has 2 atom stereocenters. The lowest BCUT2D eigenvalue weighted by molar-refractivity contribution is -0.118. The van der Waals surface area contributed by atoms with Crippen LogP contribution in [0.3, 0.4) is 0 Å². The van der Waals surface area contributed by atoms with E-state index in [4.69, 9.17) is 10.8 Å². The number of hydrogen-bond donors (Lipinski definition) is 3. The van der Waals surface area contributed by atoms with Crippen LogP contribution in [0.5, 0.6) is 0 Å². The molecule has 0 aromatic heterocycles. The first-order valence-corrected chi connectivity index (χ1v) is 6.27. The molecular weight excluding hydrogens is 244 g/mol. The summed E-state index contributed by atoms with van der Waals surface area (Å²) in [5, 5.41) is 11.6. The minimum Gasteiger partial charge on any atom is -0.478 e. The van der Waals surface area contributed by atoms with Crippen molar-refractivity contribution in [3.63, 3.8) is 0 Å². The third-order valence-electron chi connectivity index (χ3n) is 3.30. The molecule has 0 aliphatic heterocycles. The fourth-order valence-electron chi connectivity index (χ4n) is 1.62. The number of carboxylic acid groups (broad SMARTS) is 1. The number of nitrogens with two attached hydrogens (primary N) is 1. The third-order valence-corrected chi connectivity index (χ3v) is 3.30. The molecule has 0 spiro atoms. The van der Waals surface area contributed by atoms with Crippen LogP contribution in [0.4, 0.5) is 5.69 Å². The highest BCUT2D eigenvalue weighted by Crippen LogP contribution is 2.18. The fraction of sp³-hybridized carbons (Fsp3) is 0.429. The number of hydrogen-bond acceptors (Lipinski definition) is 3. The average Bonchev–Trinajstić information content (AvgIpc) is 2.38. The van der Waals surface area contributed by atoms with E-state index in [1.165, 1.54) is 12.1 Å². The van der Waals surface area contributed by atoms with Crippen LogP contribution in [0.25, 0.3) is 0 Å². The first-order chi connectivity index (χ1) is 8.86. The molecule has 1 amide bonds. The van der Waals surface area contributed by atoms with E-state index in [0.717, 1.165) is 12.0 Å². The predicted molar refractivity (Wildman–Crippen MR) is 74.2 cm³/mol. The second-order valence-corrected chi connectivity index (χ2v) is 4.74. The standard InChI is InChI=1S/C14H20N2O3/c1-4-8(2)12(15)13(17)16-11-7-10(14(18)19)6-5-9(11)3/h5-8,12H,4,15H2,1-3H3,(H,16,17)(H,18,19)/t8-,12-/m0/s1. The van der Waals surface area contributed by atoms with Crippen LogP contribution in [-0.2, 0) is 4.79 Å². The summed E-state index contributed by atoms with van der Waals surface area (Å²) < 4.78 is 0. The molecule has 0 radical (unpaired) electrons. The van der Waals surface area contributed by atoms with Gasteiger partial charge >= 0.3 is 5.97 Å². The molecule has 19 heavy (non-hydrogen) atoms. The highest BCUT2D eigenvalue weighted by molar-refractivity contribution is 5.97. The van der Waals surface area contributed by atoms with E-state index in [-0.39, 0.29) is 17.4 Å². The van der Waals surface area contributed by atoms with Crippen molar-refractivity contribution < 1.29 is 14.7 Å². The molecule has 0 heterocycles. The molecule has 4 N–H and O–H groups in total. The van der Waals surface area contributed by atoms with Gasteiger partial charge in [-0.3, -0.25) is 4.79 Å². The molecule has 104 valence electrons. The molecule has 1 rings (SSSR count). The highest BCUT2D eigenvalue weighted by atomic mass is 16.4. The summed E-state index contributed by atoms with van der Waals surface area (Å²) >= 11 is 0. The summed E-state index contributed by atoms with van der Waals surface area (Å²) in [7, 11) is 0. The van der Waals surface area contributed by atoms with Gasteiger partial charge in [0.2, 0.25) is 5.91 Å². The Balaban J connectivity index is 2.90. The molecule has 1 aromatic carbocycles. The Labute approximate surface area is 112 Å². The zero-order chi connectivity index (χ0) is 14.6. The molecule has 0 saturated carbocycles. The smallest absolute Gasteiger partial charge is 0.335 e. The summed E-state index contributed by atoms with van der Waals surface area (Å²) in [6, 6.07) is 4.01. The molecular formula is C14H20N2O3. The Morgan fingerprint density at radius 1 is 1.42 bits per heavy atom. The molecule has 0 saturated heterocycles. The van der Waals surface area contributed by atoms with Crippen LogP contribution in [0.2, 0.25) is 0 Å². The largest absolute Gasteiger partial charge is 0.478 e. The number of aromatic carboxylic acids is 1. The number of aryl methyl sites for hydroxylation is 1. The second kappa shape index (κ2) is 6.33. The zero-order valence-corrected chi connectivity index (χ0v) is 11.4. The van der Waals surface area contributed by atoms with Crippen LogP contribution < -0.4 is 11.1 Å². The molecule has 0 aliphatic rings. The van der Waals surface area contributed by atoms with Gasteiger partial charge < -0.3 is 16.2 Å². The van der Waals surface area contributed by atoms with E-state index in [0.29, 0.717) is 5.69 Å². The lowest BCUT2D eigenvalue weighted by atomic mass is 9.99. The Morgan fingerprint density at radius 2 is 2.05 bits per heavy atom. The van der Waals surface area contributed by atoms with Crippen molar-refractivity contribution >= 4 is 17.6 Å². The first kappa shape index (κ1) is 15.2. The van der Waals surface area contributed by atoms with Crippen LogP contribution in [0.1, 0.15) is 36.2 Å². The van der Waals surface area contributed by atoms with Gasteiger partial charge in [0, 0.05) is 5.69 Å². The maximum atomic E-state index is 12.0. The molecule has 5 heteroatoms. The summed E-state index contributed by atoms with van der Waals surface area (Å²) in [4.78, 5) is 22.9. The summed E-state index contributed by atoms with van der Waals surface area (Å²) in [5.41, 5.74) is 7.27. The van der Waals surface area contributed by atoms with E-state index in [1.54, 1.807) is 13.0 Å². The number of amides is 1. The maximum absolute atomic E-state index is 12.0. The average molecular weight is 264 g/mol. The van der Waals surface area contributed by atoms with Crippen molar-refractivity contribution in [2.24, 2.45) is 11.7 Å². The van der Waals surface area contributed by atoms with E-state index in [1.807, 2.05) is 13.8 Å². The fourth-order valence-corrected chi connectivity index (χ4v) is 1.62. The van der Waals surface area contributed by atoms with Gasteiger partial charge in [0.15, 0.2) is 0 Å². The van der Waals surface area contributed by atoms with Gasteiger partial charge in [-0.15, -0.1) is 0 Å². The van der Waals surface area contributed by atoms with Crippen LogP contribution in [0, 0.1) is 12.8 Å². The van der Waals surface area contributed by atoms with E-state index < -0.39 is 12.0 Å². The predicted octanol–water partition coefficient (Wildman–Crippen LogP) is 2.01. The number of nitrogens with one attached hydrogen (secondary N) is 1. The van der Waals surface area contributed by atoms with Crippen LogP contribution in [0.15, 0.2) is 18.2 Å². The van der Waals surface area contributed by atoms with Crippen LogP contribution in [-0.4, -0.2) is 23.0 Å².